The van der Waals surface area contributed by atoms with Gasteiger partial charge < -0.3 is 20.1 Å². The molecule has 0 saturated heterocycles. The van der Waals surface area contributed by atoms with E-state index in [0.29, 0.717) is 6.54 Å². The Hall–Kier alpha value is -1.97. The molecule has 0 aliphatic rings. The van der Waals surface area contributed by atoms with Gasteiger partial charge in [0, 0.05) is 25.8 Å². The van der Waals surface area contributed by atoms with Crippen molar-refractivity contribution in [2.24, 2.45) is 12.0 Å². The summed E-state index contributed by atoms with van der Waals surface area (Å²) >= 11 is 0. The number of methoxy groups -OCH3 is 1. The zero-order valence-corrected chi connectivity index (χ0v) is 20.8. The number of guanidine groups is 1. The van der Waals surface area contributed by atoms with E-state index < -0.39 is 0 Å². The third kappa shape index (κ3) is 7.09. The quantitative estimate of drug-likeness (QED) is 0.321. The maximum absolute atomic E-state index is 5.98. The zero-order chi connectivity index (χ0) is 20.7. The number of hydrogen-bond acceptors (Lipinski definition) is 4. The van der Waals surface area contributed by atoms with Crippen LogP contribution in [0.5, 0.6) is 11.5 Å². The van der Waals surface area contributed by atoms with E-state index in [0.717, 1.165) is 29.6 Å². The average molecular weight is 515 g/mol. The summed E-state index contributed by atoms with van der Waals surface area (Å²) in [6, 6.07) is 7.87. The molecule has 2 rings (SSSR count). The van der Waals surface area contributed by atoms with E-state index >= 15 is 0 Å². The molecule has 2 atom stereocenters. The number of ether oxygens (including phenoxy) is 2. The van der Waals surface area contributed by atoms with Gasteiger partial charge in [0.1, 0.15) is 6.10 Å². The summed E-state index contributed by atoms with van der Waals surface area (Å²) in [4.78, 5) is 4.33. The van der Waals surface area contributed by atoms with E-state index in [9.17, 15) is 0 Å². The highest BCUT2D eigenvalue weighted by atomic mass is 127. The Morgan fingerprint density at radius 1 is 1.21 bits per heavy atom. The second-order valence-electron chi connectivity index (χ2n) is 7.05. The van der Waals surface area contributed by atoms with E-state index in [-0.39, 0.29) is 36.1 Å². The smallest absolute Gasteiger partial charge is 0.191 e. The Morgan fingerprint density at radius 2 is 1.86 bits per heavy atom. The topological polar surface area (TPSA) is 72.7 Å². The minimum Gasteiger partial charge on any atom is -0.493 e. The lowest BCUT2D eigenvalue weighted by Gasteiger charge is -2.21. The zero-order valence-electron chi connectivity index (χ0n) is 18.4. The van der Waals surface area contributed by atoms with Crippen LogP contribution in [0.2, 0.25) is 0 Å². The molecule has 0 radical (unpaired) electrons. The van der Waals surface area contributed by atoms with Crippen LogP contribution < -0.4 is 20.1 Å². The lowest BCUT2D eigenvalue weighted by Crippen LogP contribution is -2.45. The number of halogens is 1. The predicted molar refractivity (Wildman–Crippen MR) is 129 cm³/mol. The molecule has 0 bridgehead atoms. The van der Waals surface area contributed by atoms with Gasteiger partial charge in [-0.05, 0) is 51.8 Å². The summed E-state index contributed by atoms with van der Waals surface area (Å²) < 4.78 is 13.3. The molecule has 2 aromatic rings. The molecule has 1 heterocycles. The molecule has 7 nitrogen and oxygen atoms in total. The van der Waals surface area contributed by atoms with E-state index in [2.05, 4.69) is 41.5 Å². The molecule has 0 aliphatic heterocycles. The summed E-state index contributed by atoms with van der Waals surface area (Å²) in [5.41, 5.74) is 3.56. The van der Waals surface area contributed by atoms with Crippen molar-refractivity contribution in [3.8, 4) is 11.5 Å². The van der Waals surface area contributed by atoms with Crippen LogP contribution in [-0.4, -0.2) is 48.6 Å². The molecule has 0 amide bonds. The molecule has 162 valence electrons. The van der Waals surface area contributed by atoms with Crippen molar-refractivity contribution >= 4 is 29.9 Å². The first-order chi connectivity index (χ1) is 13.3. The second-order valence-corrected chi connectivity index (χ2v) is 7.05. The third-order valence-corrected chi connectivity index (χ3v) is 4.73. The van der Waals surface area contributed by atoms with Gasteiger partial charge in [-0.3, -0.25) is 9.67 Å². The fourth-order valence-corrected chi connectivity index (χ4v) is 3.11. The summed E-state index contributed by atoms with van der Waals surface area (Å²) in [6.45, 7) is 8.94. The third-order valence-electron chi connectivity index (χ3n) is 4.73. The van der Waals surface area contributed by atoms with Crippen LogP contribution in [0.15, 0.2) is 29.3 Å². The number of hydrogen-bond donors (Lipinski definition) is 2. The molecule has 1 aromatic heterocycles. The number of rotatable bonds is 8. The summed E-state index contributed by atoms with van der Waals surface area (Å²) in [7, 11) is 5.39. The molecule has 2 unspecified atom stereocenters. The van der Waals surface area contributed by atoms with Crippen LogP contribution in [0.25, 0.3) is 0 Å². The Kier molecular flexibility index (Phi) is 10.3. The van der Waals surface area contributed by atoms with Crippen LogP contribution in [0, 0.1) is 13.8 Å². The number of aromatic nitrogens is 2. The van der Waals surface area contributed by atoms with Gasteiger partial charge in [-0.2, -0.15) is 5.10 Å². The number of aliphatic imine (C=N–C) groups is 1. The molecular weight excluding hydrogens is 481 g/mol. The largest absolute Gasteiger partial charge is 0.493 e. The lowest BCUT2D eigenvalue weighted by atomic mass is 10.1. The number of para-hydroxylation sites is 2. The van der Waals surface area contributed by atoms with E-state index in [1.807, 2.05) is 42.9 Å². The highest BCUT2D eigenvalue weighted by Gasteiger charge is 2.15. The highest BCUT2D eigenvalue weighted by molar-refractivity contribution is 14.0. The van der Waals surface area contributed by atoms with Crippen LogP contribution in [0.4, 0.5) is 0 Å². The Balaban J connectivity index is 0.00000420. The first-order valence-corrected chi connectivity index (χ1v) is 9.61. The predicted octanol–water partition coefficient (Wildman–Crippen LogP) is 3.23. The molecule has 0 saturated carbocycles. The van der Waals surface area contributed by atoms with Gasteiger partial charge in [-0.25, -0.2) is 0 Å². The monoisotopic (exact) mass is 515 g/mol. The molecule has 0 aliphatic carbocycles. The van der Waals surface area contributed by atoms with Gasteiger partial charge in [0.15, 0.2) is 17.5 Å². The number of nitrogens with zero attached hydrogens (tertiary/aromatic N) is 3. The number of benzene rings is 1. The number of aryl methyl sites for hydroxylation is 2. The van der Waals surface area contributed by atoms with Gasteiger partial charge in [-0.1, -0.05) is 12.1 Å². The molecule has 2 N–H and O–H groups in total. The van der Waals surface area contributed by atoms with Gasteiger partial charge in [0.05, 0.1) is 19.3 Å². The van der Waals surface area contributed by atoms with Gasteiger partial charge in [-0.15, -0.1) is 24.0 Å². The standard InChI is InChI=1S/C21H33N5O2.HI/c1-14(12-18-16(3)25-26(6)17(18)4)24-21(22-5)23-13-15(2)28-20-11-9-8-10-19(20)27-7;/h8-11,14-15H,12-13H2,1-7H3,(H2,22,23,24);1H. The van der Waals surface area contributed by atoms with Crippen molar-refractivity contribution in [2.75, 3.05) is 20.7 Å². The summed E-state index contributed by atoms with van der Waals surface area (Å²) in [5.74, 6) is 2.22. The van der Waals surface area contributed by atoms with Crippen molar-refractivity contribution < 1.29 is 9.47 Å². The average Bonchev–Trinajstić information content (AvgIpc) is 2.91. The van der Waals surface area contributed by atoms with Crippen LogP contribution >= 0.6 is 24.0 Å². The molecule has 29 heavy (non-hydrogen) atoms. The molecular formula is C21H34IN5O2. The van der Waals surface area contributed by atoms with E-state index in [1.165, 1.54) is 11.3 Å². The Labute approximate surface area is 191 Å². The fraction of sp³-hybridized carbons (Fsp3) is 0.524. The summed E-state index contributed by atoms with van der Waals surface area (Å²) in [5, 5.41) is 11.3. The molecule has 8 heteroatoms. The van der Waals surface area contributed by atoms with Gasteiger partial charge in [0.2, 0.25) is 0 Å². The Morgan fingerprint density at radius 3 is 2.41 bits per heavy atom. The minimum atomic E-state index is -0.0482. The first kappa shape index (κ1) is 25.1. The minimum absolute atomic E-state index is 0. The van der Waals surface area contributed by atoms with E-state index in [4.69, 9.17) is 9.47 Å². The van der Waals surface area contributed by atoms with Crippen molar-refractivity contribution in [2.45, 2.75) is 46.3 Å². The summed E-state index contributed by atoms with van der Waals surface area (Å²) in [6.07, 6.45) is 0.840. The van der Waals surface area contributed by atoms with Crippen molar-refractivity contribution in [3.05, 3.63) is 41.2 Å². The fourth-order valence-electron chi connectivity index (χ4n) is 3.11. The normalized spacial score (nSPS) is 13.3. The maximum atomic E-state index is 5.98. The molecule has 0 spiro atoms. The maximum Gasteiger partial charge on any atom is 0.191 e. The Bertz CT molecular complexity index is 806. The highest BCUT2D eigenvalue weighted by Crippen LogP contribution is 2.26. The SMILES string of the molecule is CN=C(NCC(C)Oc1ccccc1OC)NC(C)Cc1c(C)nn(C)c1C.I. The lowest BCUT2D eigenvalue weighted by molar-refractivity contribution is 0.213. The van der Waals surface area contributed by atoms with Crippen molar-refractivity contribution in [1.82, 2.24) is 20.4 Å². The van der Waals surface area contributed by atoms with Crippen LogP contribution in [-0.2, 0) is 13.5 Å². The molecule has 0 fully saturated rings. The second kappa shape index (κ2) is 11.9. The van der Waals surface area contributed by atoms with Crippen LogP contribution in [0.3, 0.4) is 0 Å². The van der Waals surface area contributed by atoms with Gasteiger partial charge >= 0.3 is 0 Å². The van der Waals surface area contributed by atoms with Crippen molar-refractivity contribution in [1.29, 1.82) is 0 Å². The van der Waals surface area contributed by atoms with Crippen molar-refractivity contribution in [3.63, 3.8) is 0 Å². The van der Waals surface area contributed by atoms with E-state index in [1.54, 1.807) is 14.2 Å². The first-order valence-electron chi connectivity index (χ1n) is 9.61. The molecule has 1 aromatic carbocycles. The van der Waals surface area contributed by atoms with Gasteiger partial charge in [0.25, 0.3) is 0 Å². The number of nitrogens with one attached hydrogen (secondary N) is 2. The van der Waals surface area contributed by atoms with Crippen LogP contribution in [0.1, 0.15) is 30.8 Å².